The van der Waals surface area contributed by atoms with Crippen molar-refractivity contribution in [1.82, 2.24) is 45.4 Å². The fourth-order valence-electron chi connectivity index (χ4n) is 9.44. The normalized spacial score (nSPS) is 12.0. The minimum atomic E-state index is -1.08. The van der Waals surface area contributed by atoms with Crippen LogP contribution >= 0.6 is 0 Å². The first kappa shape index (κ1) is 63.9. The third kappa shape index (κ3) is 13.8. The number of aliphatic hydroxyl groups is 1. The van der Waals surface area contributed by atoms with Crippen molar-refractivity contribution in [2.45, 2.75) is 115 Å². The Labute approximate surface area is 477 Å². The summed E-state index contributed by atoms with van der Waals surface area (Å²) in [4.78, 5) is 75.7. The number of H-pyrrole nitrogens is 6. The Morgan fingerprint density at radius 1 is 0.590 bits per heavy atom. The Hall–Kier alpha value is -6.59. The van der Waals surface area contributed by atoms with Crippen molar-refractivity contribution in [3.63, 3.8) is 0 Å². The molecule has 1 saturated heterocycles. The molecule has 22 heteroatoms. The number of aromatic amines is 6. The van der Waals surface area contributed by atoms with Crippen molar-refractivity contribution >= 4 is 67.9 Å². The summed E-state index contributed by atoms with van der Waals surface area (Å²) in [7, 11) is 1.29. The number of carbonyl (C=O) groups excluding carboxylic acids is 2. The number of Topliss-reactive ketones (excluding diaryl/α,β-unsaturated/α-hetero) is 1. The number of nitrogens with one attached hydrogen (secondary N) is 6. The molecule has 0 amide bonds. The molecule has 0 atom stereocenters. The van der Waals surface area contributed by atoms with E-state index in [4.69, 9.17) is 23.0 Å². The number of benzene rings is 3. The molecule has 1 aliphatic rings. The number of methoxy groups -OCH3 is 1. The van der Waals surface area contributed by atoms with E-state index in [2.05, 4.69) is 45.4 Å². The molecule has 20 nitrogen and oxygen atoms in total. The molecule has 3 aromatic carbocycles. The number of ether oxygens (including phenoxy) is 2. The van der Waals surface area contributed by atoms with E-state index >= 15 is 0 Å². The van der Waals surface area contributed by atoms with E-state index in [0.717, 1.165) is 58.0 Å². The van der Waals surface area contributed by atoms with Crippen LogP contribution in [0.15, 0.2) is 64.4 Å². The zero-order chi connectivity index (χ0) is 55.9. The van der Waals surface area contributed by atoms with Gasteiger partial charge in [-0.15, -0.1) is 0 Å². The Morgan fingerprint density at radius 3 is 1.26 bits per heavy atom. The zero-order valence-electron chi connectivity index (χ0n) is 47.1. The number of fused-ring (bicyclic) bond motifs is 3. The molecular weight excluding hydrogens is 1080 g/mol. The Bertz CT molecular complexity index is 3600. The maximum Gasteiger partial charge on any atom is 2.00 e. The zero-order valence-corrected chi connectivity index (χ0v) is 50.1. The monoisotopic (exact) mass is 1150 g/mol. The molecule has 1 aliphatic heterocycles. The molecule has 6 aromatic heterocycles. The summed E-state index contributed by atoms with van der Waals surface area (Å²) in [5, 5.41) is 23.4. The van der Waals surface area contributed by atoms with Gasteiger partial charge in [-0.3, -0.25) is 4.79 Å². The van der Waals surface area contributed by atoms with E-state index in [1.165, 1.54) is 20.0 Å². The minimum Gasteiger partial charge on any atom is -1.00 e. The second-order valence-corrected chi connectivity index (χ2v) is 19.7. The molecule has 78 heavy (non-hydrogen) atoms. The second-order valence-electron chi connectivity index (χ2n) is 19.7. The molecule has 9 aromatic rings. The van der Waals surface area contributed by atoms with E-state index in [1.54, 1.807) is 25.1 Å². The van der Waals surface area contributed by atoms with Gasteiger partial charge in [-0.1, -0.05) is 57.0 Å². The molecule has 1 fully saturated rings. The predicted octanol–water partition coefficient (Wildman–Crippen LogP) is 7.16. The molecule has 0 unspecified atom stereocenters. The average Bonchev–Trinajstić information content (AvgIpc) is 4.27. The van der Waals surface area contributed by atoms with Gasteiger partial charge in [0.1, 0.15) is 17.3 Å². The molecule has 0 aliphatic carbocycles. The van der Waals surface area contributed by atoms with E-state index in [1.807, 2.05) is 115 Å². The number of rotatable bonds is 9. The van der Waals surface area contributed by atoms with Crippen molar-refractivity contribution in [1.29, 1.82) is 0 Å². The number of aryl methyl sites for hydroxylation is 6. The summed E-state index contributed by atoms with van der Waals surface area (Å²) >= 11 is 0. The molecule has 7 N–H and O–H groups in total. The van der Waals surface area contributed by atoms with Crippen LogP contribution in [0.1, 0.15) is 129 Å². The average molecular weight is 1150 g/mol. The first-order chi connectivity index (χ1) is 36.0. The van der Waals surface area contributed by atoms with Gasteiger partial charge in [0.15, 0.2) is 5.78 Å². The first-order valence-electron chi connectivity index (χ1n) is 25.2. The van der Waals surface area contributed by atoms with Gasteiger partial charge in [-0.2, -0.15) is 13.8 Å². The Morgan fingerprint density at radius 2 is 0.936 bits per heavy atom. The van der Waals surface area contributed by atoms with Gasteiger partial charge in [0.2, 0.25) is 0 Å². The molecule has 414 valence electrons. The van der Waals surface area contributed by atoms with Crippen LogP contribution in [0.3, 0.4) is 0 Å². The molecule has 10 rings (SSSR count). The van der Waals surface area contributed by atoms with Crippen molar-refractivity contribution in [2.75, 3.05) is 20.3 Å². The van der Waals surface area contributed by atoms with Crippen LogP contribution in [0.4, 0.5) is 0 Å². The number of esters is 1. The van der Waals surface area contributed by atoms with Crippen LogP contribution in [0, 0.1) is 65.7 Å². The number of halogens is 1. The summed E-state index contributed by atoms with van der Waals surface area (Å²) in [5.74, 6) is 1.25. The van der Waals surface area contributed by atoms with Gasteiger partial charge < -0.3 is 81.5 Å². The molecule has 0 bridgehead atoms. The number of nitrogens with zero attached hydrogens (tertiary/aromatic N) is 3. The fraction of sp³-hybridized carbons (Fsp3) is 0.411. The van der Waals surface area contributed by atoms with E-state index in [9.17, 15) is 29.1 Å². The number of carbonyl (C=O) groups is 2. The van der Waals surface area contributed by atoms with Crippen molar-refractivity contribution in [3.05, 3.63) is 125 Å². The maximum atomic E-state index is 12.5. The van der Waals surface area contributed by atoms with Crippen LogP contribution in [0.25, 0.3) is 66.5 Å². The van der Waals surface area contributed by atoms with E-state index < -0.39 is 11.6 Å². The maximum absolute atomic E-state index is 12.5. The smallest absolute Gasteiger partial charge is 1.00 e. The summed E-state index contributed by atoms with van der Waals surface area (Å²) < 4.78 is 25.4. The third-order valence-electron chi connectivity index (χ3n) is 13.1. The number of ketones is 1. The third-order valence-corrected chi connectivity index (χ3v) is 13.1. The summed E-state index contributed by atoms with van der Waals surface area (Å²) in [5.41, 5.74) is 9.98. The molecular formula is C56H70BrMgN9O11. The van der Waals surface area contributed by atoms with Crippen LogP contribution in [-0.4, -0.2) is 106 Å². The molecule has 7 heterocycles. The van der Waals surface area contributed by atoms with Gasteiger partial charge in [0.25, 0.3) is 0 Å². The Kier molecular flexibility index (Phi) is 22.4. The summed E-state index contributed by atoms with van der Waals surface area (Å²) in [6, 6.07) is 10.9. The number of imidazole rings is 3. The quantitative estimate of drug-likeness (QED) is 0.0327. The topological polar surface area (TPSA) is 297 Å². The predicted molar refractivity (Wildman–Crippen MR) is 297 cm³/mol. The van der Waals surface area contributed by atoms with E-state index in [-0.39, 0.29) is 86.2 Å². The second kappa shape index (κ2) is 27.3. The summed E-state index contributed by atoms with van der Waals surface area (Å²) in [6.45, 7) is 28.6. The molecule has 0 radical (unpaired) electrons. The van der Waals surface area contributed by atoms with E-state index in [0.29, 0.717) is 67.2 Å². The van der Waals surface area contributed by atoms with Crippen LogP contribution in [0.5, 0.6) is 0 Å². The SMILES string of the molecule is C1CCOC1.COC(=O)c1cc(-c2c(C)noc2C)cc2[nH]c(=O)[nH]c12.C[CH-]C.Cc1noc(C)c1-c1cc(C(=O)C(C)C)c2[nH]c(=O)[nH]c2c1.Cc1noc(C)c1-c1cc(C(O)(C(C)C)C(C)C)c2[nH]c(=O)[nH]c2c1.[Br-].[Mg+2]. The Balaban J connectivity index is 0.000000233. The first-order valence-corrected chi connectivity index (χ1v) is 25.2. The van der Waals surface area contributed by atoms with Crippen molar-refractivity contribution in [3.8, 4) is 33.4 Å². The van der Waals surface area contributed by atoms with Crippen molar-refractivity contribution < 1.29 is 54.7 Å². The molecule has 0 saturated carbocycles. The number of aromatic nitrogens is 9. The van der Waals surface area contributed by atoms with Gasteiger partial charge in [0, 0.05) is 46.9 Å². The minimum absolute atomic E-state index is 0. The van der Waals surface area contributed by atoms with Crippen LogP contribution < -0.4 is 34.1 Å². The van der Waals surface area contributed by atoms with Crippen LogP contribution in [0.2, 0.25) is 0 Å². The number of hydrogen-bond acceptors (Lipinski definition) is 14. The van der Waals surface area contributed by atoms with Gasteiger partial charge >= 0.3 is 46.1 Å². The van der Waals surface area contributed by atoms with Crippen molar-refractivity contribution in [2.24, 2.45) is 17.8 Å². The van der Waals surface area contributed by atoms with Crippen LogP contribution in [-0.2, 0) is 15.1 Å². The standard InChI is InChI=1S/C19H25N3O3.C16H17N3O3.C14H13N3O4.C4H8O.C3H7.BrH.Mg/c1-9(2)19(24,10(3)4)14-7-13(16-11(5)22-25-12(16)6)8-15-17(14)21-18(23)20-15;1-7(2)15(20)11-5-10(13-8(3)19-22-9(13)4)6-12-14(11)18-16(21)17-12;1-6-11(7(2)21-17-6)8-4-9(13(18)20-3)12-10(5-8)15-14(19)16-12;1-2-4-5-3-1;1-3-2;;/h7-10,24H,1-6H3,(H2,20,21,23);5-7H,1-4H3,(H2,17,18,21);4-5H,1-3H3,(H2,15,16,19);1-4H2;3H,1-2H3;1H;/q;;;;-1;;+2/p-1. The van der Waals surface area contributed by atoms with Gasteiger partial charge in [-0.25, -0.2) is 19.2 Å². The summed E-state index contributed by atoms with van der Waals surface area (Å²) in [6.07, 6.45) is 4.56. The van der Waals surface area contributed by atoms with Gasteiger partial charge in [0.05, 0.1) is 68.5 Å². The number of hydrogen-bond donors (Lipinski definition) is 7. The molecule has 0 spiro atoms. The van der Waals surface area contributed by atoms with Gasteiger partial charge in [-0.05, 0) is 119 Å². The fourth-order valence-corrected chi connectivity index (χ4v) is 9.44. The largest absolute Gasteiger partial charge is 2.00 e.